The Morgan fingerprint density at radius 3 is 2.03 bits per heavy atom. The molecule has 2 rings (SSSR count). The van der Waals surface area contributed by atoms with Gasteiger partial charge >= 0.3 is 12.1 Å². The molecule has 0 saturated heterocycles. The minimum Gasteiger partial charge on any atom is -0.459 e. The summed E-state index contributed by atoms with van der Waals surface area (Å²) in [6, 6.07) is 18.2. The van der Waals surface area contributed by atoms with Crippen molar-refractivity contribution in [1.29, 1.82) is 0 Å². The lowest BCUT2D eigenvalue weighted by atomic mass is 10.1. The minimum absolute atomic E-state index is 0.132. The lowest BCUT2D eigenvalue weighted by Gasteiger charge is -2.22. The molecule has 0 fully saturated rings. The smallest absolute Gasteiger partial charge is 0.407 e. The second-order valence-corrected chi connectivity index (χ2v) is 9.98. The van der Waals surface area contributed by atoms with Crippen LogP contribution in [0.1, 0.15) is 64.5 Å². The number of amides is 2. The number of alkyl carbamates (subject to hydrolysis) is 1. The van der Waals surface area contributed by atoms with Crippen molar-refractivity contribution in [1.82, 2.24) is 10.6 Å². The molecule has 8 heteroatoms. The lowest BCUT2D eigenvalue weighted by Crippen LogP contribution is -2.43. The molecule has 0 aliphatic rings. The third-order valence-corrected chi connectivity index (χ3v) is 5.30. The van der Waals surface area contributed by atoms with Crippen molar-refractivity contribution in [2.45, 2.75) is 84.3 Å². The average molecular weight is 513 g/mol. The zero-order valence-electron chi connectivity index (χ0n) is 22.3. The highest BCUT2D eigenvalue weighted by molar-refractivity contribution is 5.84. The summed E-state index contributed by atoms with van der Waals surface area (Å²) in [6.45, 7) is 8.22. The zero-order chi connectivity index (χ0) is 27.1. The van der Waals surface area contributed by atoms with Crippen LogP contribution in [0.25, 0.3) is 0 Å². The van der Waals surface area contributed by atoms with Crippen LogP contribution in [0.5, 0.6) is 0 Å². The Kier molecular flexibility index (Phi) is 12.6. The number of hydrogen-bond acceptors (Lipinski definition) is 6. The van der Waals surface area contributed by atoms with E-state index in [-0.39, 0.29) is 25.0 Å². The molecular weight excluding hydrogens is 472 g/mol. The van der Waals surface area contributed by atoms with Crippen molar-refractivity contribution < 1.29 is 28.6 Å². The van der Waals surface area contributed by atoms with Gasteiger partial charge in [-0.3, -0.25) is 4.79 Å². The molecule has 0 aliphatic heterocycles. The van der Waals surface area contributed by atoms with E-state index in [1.807, 2.05) is 60.7 Å². The molecule has 0 saturated carbocycles. The van der Waals surface area contributed by atoms with E-state index in [2.05, 4.69) is 10.6 Å². The fraction of sp³-hybridized carbons (Fsp3) is 0.483. The van der Waals surface area contributed by atoms with Crippen molar-refractivity contribution in [3.8, 4) is 0 Å². The van der Waals surface area contributed by atoms with Gasteiger partial charge in [0, 0.05) is 19.1 Å². The molecule has 2 aromatic rings. The maximum Gasteiger partial charge on any atom is 0.407 e. The van der Waals surface area contributed by atoms with Crippen LogP contribution >= 0.6 is 0 Å². The van der Waals surface area contributed by atoms with E-state index in [9.17, 15) is 14.4 Å². The molecule has 8 nitrogen and oxygen atoms in total. The first kappa shape index (κ1) is 29.8. The number of rotatable bonds is 14. The molecule has 202 valence electrons. The van der Waals surface area contributed by atoms with Crippen LogP contribution in [-0.2, 0) is 37.0 Å². The summed E-state index contributed by atoms with van der Waals surface area (Å²) in [5.41, 5.74) is 1.34. The van der Waals surface area contributed by atoms with Crippen LogP contribution < -0.4 is 10.6 Å². The van der Waals surface area contributed by atoms with E-state index in [0.717, 1.165) is 11.1 Å². The van der Waals surface area contributed by atoms with E-state index in [4.69, 9.17) is 14.2 Å². The molecule has 0 bridgehead atoms. The van der Waals surface area contributed by atoms with Crippen molar-refractivity contribution in [3.05, 3.63) is 71.8 Å². The molecule has 0 aromatic heterocycles. The summed E-state index contributed by atoms with van der Waals surface area (Å²) in [6.07, 6.45) is 0.980. The standard InChI is InChI=1S/C29H40N2O6/c1-22(30-28(34)37-29(2,3)4)17-18-26(32)31-25(27(33)36-21-24-14-9-6-10-15-24)16-11-19-35-20-23-12-7-5-8-13-23/h5-10,12-15,22,25H,11,16-21H2,1-4H3,(H,30,34)(H,31,32). The number of esters is 1. The van der Waals surface area contributed by atoms with Crippen molar-refractivity contribution in [2.75, 3.05) is 6.61 Å². The largest absolute Gasteiger partial charge is 0.459 e. The van der Waals surface area contributed by atoms with E-state index in [1.165, 1.54) is 0 Å². The van der Waals surface area contributed by atoms with E-state index in [1.54, 1.807) is 27.7 Å². The number of nitrogens with one attached hydrogen (secondary N) is 2. The Labute approximate surface area is 220 Å². The molecule has 2 aromatic carbocycles. The first-order chi connectivity index (χ1) is 17.6. The van der Waals surface area contributed by atoms with Gasteiger partial charge in [-0.1, -0.05) is 60.7 Å². The molecule has 0 radical (unpaired) electrons. The Bertz CT molecular complexity index is 959. The third kappa shape index (κ3) is 13.5. The Morgan fingerprint density at radius 1 is 0.838 bits per heavy atom. The highest BCUT2D eigenvalue weighted by Crippen LogP contribution is 2.09. The molecule has 2 N–H and O–H groups in total. The van der Waals surface area contributed by atoms with Gasteiger partial charge in [-0.25, -0.2) is 9.59 Å². The molecular formula is C29H40N2O6. The molecule has 0 aliphatic carbocycles. The van der Waals surface area contributed by atoms with Gasteiger partial charge in [0.15, 0.2) is 0 Å². The first-order valence-electron chi connectivity index (χ1n) is 12.7. The van der Waals surface area contributed by atoms with Gasteiger partial charge in [-0.2, -0.15) is 0 Å². The third-order valence-electron chi connectivity index (χ3n) is 5.30. The fourth-order valence-electron chi connectivity index (χ4n) is 3.43. The molecule has 2 amide bonds. The van der Waals surface area contributed by atoms with E-state index < -0.39 is 23.7 Å². The summed E-state index contributed by atoms with van der Waals surface area (Å²) in [5.74, 6) is -0.773. The number of carbonyl (C=O) groups excluding carboxylic acids is 3. The van der Waals surface area contributed by atoms with Crippen molar-refractivity contribution >= 4 is 18.0 Å². The van der Waals surface area contributed by atoms with Crippen LogP contribution in [0.3, 0.4) is 0 Å². The topological polar surface area (TPSA) is 103 Å². The van der Waals surface area contributed by atoms with Crippen LogP contribution in [0, 0.1) is 0 Å². The summed E-state index contributed by atoms with van der Waals surface area (Å²) in [4.78, 5) is 37.4. The van der Waals surface area contributed by atoms with Gasteiger partial charge in [0.05, 0.1) is 6.61 Å². The van der Waals surface area contributed by atoms with Gasteiger partial charge in [0.25, 0.3) is 0 Å². The number of ether oxygens (including phenoxy) is 3. The first-order valence-corrected chi connectivity index (χ1v) is 12.7. The van der Waals surface area contributed by atoms with Crippen LogP contribution in [0.15, 0.2) is 60.7 Å². The van der Waals surface area contributed by atoms with Crippen LogP contribution in [-0.4, -0.2) is 42.3 Å². The van der Waals surface area contributed by atoms with Crippen LogP contribution in [0.4, 0.5) is 4.79 Å². The molecule has 0 spiro atoms. The Hall–Kier alpha value is -3.39. The van der Waals surface area contributed by atoms with Crippen LogP contribution in [0.2, 0.25) is 0 Å². The zero-order valence-corrected chi connectivity index (χ0v) is 22.3. The predicted molar refractivity (Wildman–Crippen MR) is 142 cm³/mol. The van der Waals surface area contributed by atoms with E-state index >= 15 is 0 Å². The highest BCUT2D eigenvalue weighted by Gasteiger charge is 2.23. The van der Waals surface area contributed by atoms with Crippen molar-refractivity contribution in [2.24, 2.45) is 0 Å². The quantitative estimate of drug-likeness (QED) is 0.276. The van der Waals surface area contributed by atoms with E-state index in [0.29, 0.717) is 32.5 Å². The summed E-state index contributed by atoms with van der Waals surface area (Å²) in [7, 11) is 0. The summed E-state index contributed by atoms with van der Waals surface area (Å²) < 4.78 is 16.4. The second-order valence-electron chi connectivity index (χ2n) is 9.98. The maximum atomic E-state index is 12.8. The summed E-state index contributed by atoms with van der Waals surface area (Å²) >= 11 is 0. The van der Waals surface area contributed by atoms with Gasteiger partial charge < -0.3 is 24.8 Å². The highest BCUT2D eigenvalue weighted by atomic mass is 16.6. The second kappa shape index (κ2) is 15.7. The number of benzene rings is 2. The van der Waals surface area contributed by atoms with Gasteiger partial charge in [0.2, 0.25) is 5.91 Å². The minimum atomic E-state index is -0.786. The molecule has 2 atom stereocenters. The molecule has 0 heterocycles. The molecule has 37 heavy (non-hydrogen) atoms. The number of hydrogen-bond donors (Lipinski definition) is 2. The van der Waals surface area contributed by atoms with Crippen molar-refractivity contribution in [3.63, 3.8) is 0 Å². The monoisotopic (exact) mass is 512 g/mol. The predicted octanol–water partition coefficient (Wildman–Crippen LogP) is 4.91. The summed E-state index contributed by atoms with van der Waals surface area (Å²) in [5, 5.41) is 5.51. The normalized spacial score (nSPS) is 12.8. The van der Waals surface area contributed by atoms with Gasteiger partial charge in [0.1, 0.15) is 18.2 Å². The lowest BCUT2D eigenvalue weighted by molar-refractivity contribution is -0.149. The fourth-order valence-corrected chi connectivity index (χ4v) is 3.43. The number of carbonyl (C=O) groups is 3. The van der Waals surface area contributed by atoms with Gasteiger partial charge in [-0.05, 0) is 58.1 Å². The Morgan fingerprint density at radius 2 is 1.43 bits per heavy atom. The molecule has 2 unspecified atom stereocenters. The maximum absolute atomic E-state index is 12.8. The van der Waals surface area contributed by atoms with Gasteiger partial charge in [-0.15, -0.1) is 0 Å². The Balaban J connectivity index is 1.82. The SMILES string of the molecule is CC(CCC(=O)NC(CCCOCc1ccccc1)C(=O)OCc1ccccc1)NC(=O)OC(C)(C)C. The average Bonchev–Trinajstić information content (AvgIpc) is 2.85.